The molecule has 6 nitrogen and oxygen atoms in total. The lowest BCUT2D eigenvalue weighted by Gasteiger charge is -2.23. The largest absolute Gasteiger partial charge is 0.497 e. The van der Waals surface area contributed by atoms with Crippen LogP contribution >= 0.6 is 0 Å². The maximum atomic E-state index is 12.4. The van der Waals surface area contributed by atoms with Crippen LogP contribution in [0.5, 0.6) is 5.75 Å². The van der Waals surface area contributed by atoms with E-state index in [0.29, 0.717) is 6.54 Å². The summed E-state index contributed by atoms with van der Waals surface area (Å²) in [6.45, 7) is 3.12. The summed E-state index contributed by atoms with van der Waals surface area (Å²) in [6, 6.07) is 16.5. The highest BCUT2D eigenvalue weighted by atomic mass is 16.6. The van der Waals surface area contributed by atoms with Gasteiger partial charge in [-0.1, -0.05) is 30.3 Å². The van der Waals surface area contributed by atoms with E-state index in [1.165, 1.54) is 16.5 Å². The summed E-state index contributed by atoms with van der Waals surface area (Å²) in [4.78, 5) is 20.9. The van der Waals surface area contributed by atoms with Gasteiger partial charge < -0.3 is 9.47 Å². The molecule has 3 heterocycles. The Bertz CT molecular complexity index is 1050. The second-order valence-electron chi connectivity index (χ2n) is 7.99. The molecule has 2 saturated heterocycles. The van der Waals surface area contributed by atoms with Crippen molar-refractivity contribution in [3.8, 4) is 5.75 Å². The van der Waals surface area contributed by atoms with Crippen molar-refractivity contribution in [3.05, 3.63) is 72.1 Å². The molecule has 0 unspecified atom stereocenters. The molecule has 2 fully saturated rings. The molecule has 2 aliphatic rings. The Labute approximate surface area is 176 Å². The summed E-state index contributed by atoms with van der Waals surface area (Å²) in [5.41, 5.74) is 2.47. The molecule has 2 aromatic carbocycles. The van der Waals surface area contributed by atoms with E-state index in [-0.39, 0.29) is 18.2 Å². The molecule has 3 aromatic rings. The molecule has 6 heteroatoms. The van der Waals surface area contributed by atoms with Crippen LogP contribution in [0.3, 0.4) is 0 Å². The second kappa shape index (κ2) is 7.95. The first kappa shape index (κ1) is 18.9. The van der Waals surface area contributed by atoms with Crippen molar-refractivity contribution in [2.24, 2.45) is 0 Å². The van der Waals surface area contributed by atoms with Gasteiger partial charge in [-0.05, 0) is 41.1 Å². The number of aromatic nitrogens is 1. The number of carbonyl (C=O) groups excluding carboxylic acids is 1. The Morgan fingerprint density at radius 2 is 2.00 bits per heavy atom. The normalized spacial score (nSPS) is 21.1. The number of hydrogen-bond acceptors (Lipinski definition) is 5. The first-order valence-corrected chi connectivity index (χ1v) is 10.4. The van der Waals surface area contributed by atoms with Crippen LogP contribution in [-0.2, 0) is 17.7 Å². The van der Waals surface area contributed by atoms with Gasteiger partial charge in [0.1, 0.15) is 11.9 Å². The van der Waals surface area contributed by atoms with Crippen LogP contribution in [0.25, 0.3) is 10.8 Å². The van der Waals surface area contributed by atoms with Crippen LogP contribution in [0.4, 0.5) is 4.79 Å². The number of nitrogens with zero attached hydrogens (tertiary/aromatic N) is 3. The van der Waals surface area contributed by atoms with Gasteiger partial charge in [-0.3, -0.25) is 14.8 Å². The average Bonchev–Trinajstić information content (AvgIpc) is 3.29. The van der Waals surface area contributed by atoms with Gasteiger partial charge in [0.2, 0.25) is 0 Å². The zero-order chi connectivity index (χ0) is 20.5. The van der Waals surface area contributed by atoms with E-state index in [1.54, 1.807) is 7.11 Å². The molecule has 0 aliphatic carbocycles. The third-order valence-corrected chi connectivity index (χ3v) is 6.17. The van der Waals surface area contributed by atoms with Gasteiger partial charge in [0.25, 0.3) is 0 Å². The lowest BCUT2D eigenvalue weighted by molar-refractivity contribution is 0.120. The SMILES string of the molecule is COc1ccc(CCN2C(=O)O[C@H]3CN(Cc4cccc5cnccc45)C[C@H]32)cc1. The number of pyridine rings is 1. The minimum Gasteiger partial charge on any atom is -0.497 e. The zero-order valence-electron chi connectivity index (χ0n) is 17.0. The van der Waals surface area contributed by atoms with Gasteiger partial charge in [-0.25, -0.2) is 4.79 Å². The molecule has 0 bridgehead atoms. The molecule has 2 aliphatic heterocycles. The molecule has 30 heavy (non-hydrogen) atoms. The monoisotopic (exact) mass is 403 g/mol. The van der Waals surface area contributed by atoms with Crippen LogP contribution in [0.2, 0.25) is 0 Å². The van der Waals surface area contributed by atoms with Crippen molar-refractivity contribution in [2.45, 2.75) is 25.1 Å². The van der Waals surface area contributed by atoms with Gasteiger partial charge in [0.15, 0.2) is 0 Å². The maximum Gasteiger partial charge on any atom is 0.410 e. The fourth-order valence-electron chi connectivity index (χ4n) is 4.58. The number of methoxy groups -OCH3 is 1. The molecule has 1 amide bonds. The van der Waals surface area contributed by atoms with Crippen molar-refractivity contribution in [3.63, 3.8) is 0 Å². The Morgan fingerprint density at radius 3 is 2.83 bits per heavy atom. The van der Waals surface area contributed by atoms with Gasteiger partial charge in [-0.15, -0.1) is 0 Å². The maximum absolute atomic E-state index is 12.4. The number of fused-ring (bicyclic) bond motifs is 2. The fourth-order valence-corrected chi connectivity index (χ4v) is 4.58. The van der Waals surface area contributed by atoms with Crippen molar-refractivity contribution >= 4 is 16.9 Å². The standard InChI is InChI=1S/C24H25N3O3/c1-29-20-7-5-17(6-8-20)10-12-27-22-15-26(16-23(22)30-24(27)28)14-19-4-2-3-18-13-25-11-9-21(18)19/h2-9,11,13,22-23H,10,12,14-16H2,1H3/t22-,23+/m1/s1. The number of amides is 1. The summed E-state index contributed by atoms with van der Waals surface area (Å²) in [5.74, 6) is 0.843. The molecule has 154 valence electrons. The summed E-state index contributed by atoms with van der Waals surface area (Å²) in [5, 5.41) is 2.39. The molecular weight excluding hydrogens is 378 g/mol. The van der Waals surface area contributed by atoms with E-state index >= 15 is 0 Å². The van der Waals surface area contributed by atoms with Gasteiger partial charge in [0.05, 0.1) is 13.2 Å². The van der Waals surface area contributed by atoms with Crippen LogP contribution in [0, 0.1) is 0 Å². The van der Waals surface area contributed by atoms with Crippen LogP contribution in [0.1, 0.15) is 11.1 Å². The highest BCUT2D eigenvalue weighted by Crippen LogP contribution is 2.29. The molecule has 5 rings (SSSR count). The number of likely N-dealkylation sites (tertiary alicyclic amines) is 1. The molecule has 2 atom stereocenters. The molecular formula is C24H25N3O3. The first-order chi connectivity index (χ1) is 14.7. The van der Waals surface area contributed by atoms with Crippen LogP contribution in [-0.4, -0.2) is 59.8 Å². The van der Waals surface area contributed by atoms with E-state index in [9.17, 15) is 4.79 Å². The van der Waals surface area contributed by atoms with Gasteiger partial charge >= 0.3 is 6.09 Å². The third-order valence-electron chi connectivity index (χ3n) is 6.17. The van der Waals surface area contributed by atoms with Crippen molar-refractivity contribution < 1.29 is 14.3 Å². The summed E-state index contributed by atoms with van der Waals surface area (Å²) in [6.07, 6.45) is 4.31. The zero-order valence-corrected chi connectivity index (χ0v) is 17.0. The number of hydrogen-bond donors (Lipinski definition) is 0. The summed E-state index contributed by atoms with van der Waals surface area (Å²) >= 11 is 0. The Morgan fingerprint density at radius 1 is 1.13 bits per heavy atom. The van der Waals surface area contributed by atoms with Gasteiger partial charge in [0, 0.05) is 44.0 Å². The second-order valence-corrected chi connectivity index (χ2v) is 7.99. The Balaban J connectivity index is 1.25. The molecule has 0 radical (unpaired) electrons. The van der Waals surface area contributed by atoms with Crippen LogP contribution in [0.15, 0.2) is 60.9 Å². The molecule has 0 saturated carbocycles. The van der Waals surface area contributed by atoms with E-state index in [1.807, 2.05) is 41.6 Å². The van der Waals surface area contributed by atoms with E-state index in [0.717, 1.165) is 37.2 Å². The number of benzene rings is 2. The van der Waals surface area contributed by atoms with E-state index in [2.05, 4.69) is 34.1 Å². The average molecular weight is 403 g/mol. The van der Waals surface area contributed by atoms with Gasteiger partial charge in [-0.2, -0.15) is 0 Å². The molecule has 0 spiro atoms. The lowest BCUT2D eigenvalue weighted by atomic mass is 10.1. The number of ether oxygens (including phenoxy) is 2. The number of carbonyl (C=O) groups is 1. The Kier molecular flexibility index (Phi) is 5.01. The predicted molar refractivity (Wildman–Crippen MR) is 114 cm³/mol. The summed E-state index contributed by atoms with van der Waals surface area (Å²) in [7, 11) is 1.66. The highest BCUT2D eigenvalue weighted by Gasteiger charge is 2.47. The molecule has 0 N–H and O–H groups in total. The third kappa shape index (κ3) is 3.59. The van der Waals surface area contributed by atoms with E-state index < -0.39 is 0 Å². The minimum absolute atomic E-state index is 0.0509. The lowest BCUT2D eigenvalue weighted by Crippen LogP contribution is -2.39. The van der Waals surface area contributed by atoms with E-state index in [4.69, 9.17) is 9.47 Å². The molecule has 1 aromatic heterocycles. The smallest absolute Gasteiger partial charge is 0.410 e. The minimum atomic E-state index is -0.186. The van der Waals surface area contributed by atoms with Crippen molar-refractivity contribution in [1.82, 2.24) is 14.8 Å². The Hall–Kier alpha value is -3.12. The first-order valence-electron chi connectivity index (χ1n) is 10.4. The fraction of sp³-hybridized carbons (Fsp3) is 0.333. The quantitative estimate of drug-likeness (QED) is 0.631. The van der Waals surface area contributed by atoms with Crippen molar-refractivity contribution in [2.75, 3.05) is 26.7 Å². The summed E-state index contributed by atoms with van der Waals surface area (Å²) < 4.78 is 10.9. The predicted octanol–water partition coefficient (Wildman–Crippen LogP) is 3.49. The number of rotatable bonds is 6. The topological polar surface area (TPSA) is 54.9 Å². The van der Waals surface area contributed by atoms with Crippen LogP contribution < -0.4 is 4.74 Å². The highest BCUT2D eigenvalue weighted by molar-refractivity contribution is 5.84. The van der Waals surface area contributed by atoms with Crippen molar-refractivity contribution in [1.29, 1.82) is 0 Å².